The van der Waals surface area contributed by atoms with E-state index in [-0.39, 0.29) is 11.2 Å². The second kappa shape index (κ2) is 7.42. The molecule has 0 atom stereocenters. The van der Waals surface area contributed by atoms with Gasteiger partial charge in [-0.15, -0.1) is 0 Å². The average Bonchev–Trinajstić information content (AvgIpc) is 2.92. The molecule has 0 unspecified atom stereocenters. The van der Waals surface area contributed by atoms with Crippen molar-refractivity contribution in [1.29, 1.82) is 0 Å². The molecule has 0 aromatic carbocycles. The molecule has 1 saturated carbocycles. The van der Waals surface area contributed by atoms with E-state index in [1.807, 2.05) is 13.0 Å². The van der Waals surface area contributed by atoms with Gasteiger partial charge in [0.15, 0.2) is 5.76 Å². The van der Waals surface area contributed by atoms with Gasteiger partial charge < -0.3 is 4.42 Å². The average molecular weight is 355 g/mol. The van der Waals surface area contributed by atoms with Gasteiger partial charge in [0.05, 0.1) is 0 Å². The van der Waals surface area contributed by atoms with Crippen LogP contribution in [-0.4, -0.2) is 5.78 Å². The molecule has 0 N–H and O–H groups in total. The number of carbonyl (C=O) groups excluding carboxylic acids is 1. The first-order valence-corrected chi connectivity index (χ1v) is 9.63. The zero-order valence-electron chi connectivity index (χ0n) is 17.4. The van der Waals surface area contributed by atoms with Crippen molar-refractivity contribution in [3.05, 3.63) is 54.0 Å². The summed E-state index contributed by atoms with van der Waals surface area (Å²) in [7, 11) is 0. The van der Waals surface area contributed by atoms with Crippen LogP contribution in [0.15, 0.2) is 41.4 Å². The molecule has 0 spiro atoms. The maximum Gasteiger partial charge on any atom is 0.220 e. The van der Waals surface area contributed by atoms with Gasteiger partial charge in [-0.3, -0.25) is 4.79 Å². The molecule has 2 rings (SSSR count). The van der Waals surface area contributed by atoms with Crippen molar-refractivity contribution in [2.24, 2.45) is 16.7 Å². The van der Waals surface area contributed by atoms with Crippen LogP contribution in [0.2, 0.25) is 0 Å². The van der Waals surface area contributed by atoms with Crippen molar-refractivity contribution in [2.75, 3.05) is 0 Å². The molecule has 0 radical (unpaired) electrons. The molecule has 142 valence electrons. The predicted octanol–water partition coefficient (Wildman–Crippen LogP) is 7.16. The molecular formula is C24H34O2. The van der Waals surface area contributed by atoms with Crippen molar-refractivity contribution in [3.8, 4) is 0 Å². The van der Waals surface area contributed by atoms with E-state index in [0.717, 1.165) is 16.9 Å². The minimum absolute atomic E-state index is 0.103. The summed E-state index contributed by atoms with van der Waals surface area (Å²) < 4.78 is 5.95. The SMILES string of the molecule is C=CC(=O)c1cc(C)c(/C(=C\C(=C)C2CCC(C)(C)CC2)C(C)(C)C)o1. The van der Waals surface area contributed by atoms with Gasteiger partial charge in [-0.25, -0.2) is 0 Å². The lowest BCUT2D eigenvalue weighted by molar-refractivity contribution is 0.102. The molecule has 26 heavy (non-hydrogen) atoms. The third-order valence-electron chi connectivity index (χ3n) is 5.59. The van der Waals surface area contributed by atoms with E-state index >= 15 is 0 Å². The lowest BCUT2D eigenvalue weighted by atomic mass is 9.70. The molecule has 1 heterocycles. The fourth-order valence-electron chi connectivity index (χ4n) is 3.67. The van der Waals surface area contributed by atoms with Crippen molar-refractivity contribution in [3.63, 3.8) is 0 Å². The summed E-state index contributed by atoms with van der Waals surface area (Å²) in [5, 5.41) is 0. The molecule has 1 aliphatic rings. The molecular weight excluding hydrogens is 320 g/mol. The second-order valence-electron chi connectivity index (χ2n) is 9.51. The van der Waals surface area contributed by atoms with Crippen molar-refractivity contribution < 1.29 is 9.21 Å². The zero-order chi connectivity index (χ0) is 19.7. The lowest BCUT2D eigenvalue weighted by Crippen LogP contribution is -2.22. The van der Waals surface area contributed by atoms with Crippen LogP contribution in [0.3, 0.4) is 0 Å². The van der Waals surface area contributed by atoms with Crippen LogP contribution in [-0.2, 0) is 0 Å². The van der Waals surface area contributed by atoms with E-state index in [1.165, 1.54) is 37.3 Å². The summed E-state index contributed by atoms with van der Waals surface area (Å²) in [6.45, 7) is 21.2. The Morgan fingerprint density at radius 1 is 1.27 bits per heavy atom. The zero-order valence-corrected chi connectivity index (χ0v) is 17.4. The Hall–Kier alpha value is -1.83. The maximum absolute atomic E-state index is 11.9. The smallest absolute Gasteiger partial charge is 0.220 e. The molecule has 1 fully saturated rings. The van der Waals surface area contributed by atoms with Crippen molar-refractivity contribution in [1.82, 2.24) is 0 Å². The summed E-state index contributed by atoms with van der Waals surface area (Å²) in [5.41, 5.74) is 3.61. The molecule has 1 aliphatic carbocycles. The van der Waals surface area contributed by atoms with Gasteiger partial charge in [0.2, 0.25) is 5.78 Å². The Morgan fingerprint density at radius 3 is 2.35 bits per heavy atom. The Kier molecular flexibility index (Phi) is 5.85. The largest absolute Gasteiger partial charge is 0.453 e. The Labute approximate surface area is 159 Å². The number of rotatable bonds is 5. The number of hydrogen-bond donors (Lipinski definition) is 0. The van der Waals surface area contributed by atoms with E-state index < -0.39 is 0 Å². The van der Waals surface area contributed by atoms with Crippen LogP contribution in [0.25, 0.3) is 5.57 Å². The summed E-state index contributed by atoms with van der Waals surface area (Å²) >= 11 is 0. The van der Waals surface area contributed by atoms with Crippen molar-refractivity contribution in [2.45, 2.75) is 67.2 Å². The molecule has 2 heteroatoms. The molecule has 0 aliphatic heterocycles. The van der Waals surface area contributed by atoms with Gasteiger partial charge in [0.25, 0.3) is 0 Å². The summed E-state index contributed by atoms with van der Waals surface area (Å²) in [4.78, 5) is 11.9. The minimum Gasteiger partial charge on any atom is -0.453 e. The highest BCUT2D eigenvalue weighted by atomic mass is 16.3. The highest BCUT2D eigenvalue weighted by molar-refractivity contribution is 6.02. The highest BCUT2D eigenvalue weighted by Crippen LogP contribution is 2.43. The second-order valence-corrected chi connectivity index (χ2v) is 9.51. The van der Waals surface area contributed by atoms with Crippen molar-refractivity contribution >= 4 is 11.4 Å². The fourth-order valence-corrected chi connectivity index (χ4v) is 3.67. The van der Waals surface area contributed by atoms with E-state index in [0.29, 0.717) is 17.1 Å². The first-order valence-electron chi connectivity index (χ1n) is 9.63. The van der Waals surface area contributed by atoms with Crippen LogP contribution in [0.1, 0.15) is 82.2 Å². The van der Waals surface area contributed by atoms with Gasteiger partial charge in [0, 0.05) is 5.57 Å². The van der Waals surface area contributed by atoms with Gasteiger partial charge in [-0.05, 0) is 67.1 Å². The first kappa shape index (κ1) is 20.5. The quantitative estimate of drug-likeness (QED) is 0.319. The Bertz CT molecular complexity index is 725. The summed E-state index contributed by atoms with van der Waals surface area (Å²) in [6, 6.07) is 1.81. The Morgan fingerprint density at radius 2 is 1.85 bits per heavy atom. The number of hydrogen-bond acceptors (Lipinski definition) is 2. The third-order valence-corrected chi connectivity index (χ3v) is 5.59. The Balaban J connectivity index is 2.35. The number of carbonyl (C=O) groups is 1. The molecule has 0 amide bonds. The van der Waals surface area contributed by atoms with Gasteiger partial charge in [0.1, 0.15) is 5.76 Å². The molecule has 0 saturated heterocycles. The van der Waals surface area contributed by atoms with E-state index in [9.17, 15) is 4.79 Å². The third kappa shape index (κ3) is 4.66. The maximum atomic E-state index is 11.9. The molecule has 1 aromatic rings. The highest BCUT2D eigenvalue weighted by Gasteiger charge is 2.30. The fraction of sp³-hybridized carbons (Fsp3) is 0.542. The van der Waals surface area contributed by atoms with E-state index in [1.54, 1.807) is 0 Å². The molecule has 0 bridgehead atoms. The van der Waals surface area contributed by atoms with Gasteiger partial charge in [-0.2, -0.15) is 0 Å². The van der Waals surface area contributed by atoms with Crippen LogP contribution in [0.4, 0.5) is 0 Å². The number of ketones is 1. The number of furan rings is 1. The molecule has 2 nitrogen and oxygen atoms in total. The summed E-state index contributed by atoms with van der Waals surface area (Å²) in [5.74, 6) is 1.50. The summed E-state index contributed by atoms with van der Waals surface area (Å²) in [6.07, 6.45) is 8.37. The number of aryl methyl sites for hydroxylation is 1. The number of allylic oxidation sites excluding steroid dienone is 4. The van der Waals surface area contributed by atoms with Crippen LogP contribution in [0.5, 0.6) is 0 Å². The van der Waals surface area contributed by atoms with Crippen LogP contribution >= 0.6 is 0 Å². The monoisotopic (exact) mass is 354 g/mol. The van der Waals surface area contributed by atoms with E-state index in [4.69, 9.17) is 4.42 Å². The first-order chi connectivity index (χ1) is 11.9. The topological polar surface area (TPSA) is 30.2 Å². The normalized spacial score (nSPS) is 18.6. The molecule has 1 aromatic heterocycles. The van der Waals surface area contributed by atoms with E-state index in [2.05, 4.69) is 53.9 Å². The van der Waals surface area contributed by atoms with Crippen LogP contribution < -0.4 is 0 Å². The van der Waals surface area contributed by atoms with Crippen LogP contribution in [0, 0.1) is 23.7 Å². The van der Waals surface area contributed by atoms with Gasteiger partial charge in [-0.1, -0.05) is 59.4 Å². The standard InChI is InChI=1S/C24H34O2/c1-9-20(25)21-15-17(3)22(26-21)19(23(4,5)6)14-16(2)18-10-12-24(7,8)13-11-18/h9,14-15,18H,1-2,10-13H2,3-8H3/b19-14+. The lowest BCUT2D eigenvalue weighted by Gasteiger charge is -2.35. The minimum atomic E-state index is -0.180. The predicted molar refractivity (Wildman–Crippen MR) is 110 cm³/mol. The van der Waals surface area contributed by atoms with Gasteiger partial charge >= 0.3 is 0 Å².